The number of amides is 1. The number of ether oxygens (including phenoxy) is 1. The van der Waals surface area contributed by atoms with Crippen molar-refractivity contribution in [3.63, 3.8) is 0 Å². The van der Waals surface area contributed by atoms with Crippen molar-refractivity contribution in [2.75, 3.05) is 12.9 Å². The normalized spacial score (nSPS) is 14.4. The smallest absolute Gasteiger partial charge is 0.233 e. The third-order valence-electron chi connectivity index (χ3n) is 6.04. The maximum atomic E-state index is 13.3. The monoisotopic (exact) mass is 465 g/mol. The van der Waals surface area contributed by atoms with Gasteiger partial charge in [-0.15, -0.1) is 10.2 Å². The Morgan fingerprint density at radius 3 is 2.42 bits per heavy atom. The average Bonchev–Trinajstić information content (AvgIpc) is 3.28. The van der Waals surface area contributed by atoms with Crippen LogP contribution in [0.3, 0.4) is 0 Å². The highest BCUT2D eigenvalue weighted by Gasteiger charge is 2.28. The molecule has 0 N–H and O–H groups in total. The number of pyridine rings is 1. The van der Waals surface area contributed by atoms with E-state index in [4.69, 9.17) is 4.74 Å². The highest BCUT2D eigenvalue weighted by molar-refractivity contribution is 7.99. The molecular weight excluding hydrogens is 434 g/mol. The molecule has 1 saturated carbocycles. The molecule has 0 radical (unpaired) electrons. The van der Waals surface area contributed by atoms with Crippen LogP contribution in [0.25, 0.3) is 17.1 Å². The second kappa shape index (κ2) is 10.8. The fourth-order valence-electron chi connectivity index (χ4n) is 4.49. The quantitative estimate of drug-likeness (QED) is 0.436. The van der Waals surface area contributed by atoms with Gasteiger partial charge in [-0.25, -0.2) is 0 Å². The summed E-state index contributed by atoms with van der Waals surface area (Å²) in [6.45, 7) is 4.22. The summed E-state index contributed by atoms with van der Waals surface area (Å²) in [5, 5.41) is 9.60. The molecule has 0 saturated heterocycles. The molecule has 1 aromatic carbocycles. The Labute approximate surface area is 199 Å². The van der Waals surface area contributed by atoms with Crippen molar-refractivity contribution in [3.05, 3.63) is 48.8 Å². The van der Waals surface area contributed by atoms with Gasteiger partial charge in [-0.2, -0.15) is 0 Å². The molecule has 1 aliphatic carbocycles. The lowest BCUT2D eigenvalue weighted by Crippen LogP contribution is -2.46. The summed E-state index contributed by atoms with van der Waals surface area (Å²) < 4.78 is 7.31. The van der Waals surface area contributed by atoms with E-state index in [1.165, 1.54) is 31.0 Å². The van der Waals surface area contributed by atoms with Crippen molar-refractivity contribution in [1.29, 1.82) is 0 Å². The highest BCUT2D eigenvalue weighted by atomic mass is 32.2. The zero-order valence-electron chi connectivity index (χ0n) is 19.5. The van der Waals surface area contributed by atoms with E-state index >= 15 is 0 Å². The van der Waals surface area contributed by atoms with Gasteiger partial charge in [0.2, 0.25) is 5.91 Å². The van der Waals surface area contributed by atoms with E-state index in [-0.39, 0.29) is 11.9 Å². The fraction of sp³-hybridized carbons (Fsp3) is 0.440. The van der Waals surface area contributed by atoms with Crippen LogP contribution in [0.4, 0.5) is 0 Å². The highest BCUT2D eigenvalue weighted by Crippen LogP contribution is 2.30. The van der Waals surface area contributed by atoms with Crippen LogP contribution in [-0.4, -0.2) is 55.5 Å². The average molecular weight is 466 g/mol. The molecule has 0 atom stereocenters. The van der Waals surface area contributed by atoms with Crippen molar-refractivity contribution in [2.45, 2.75) is 63.2 Å². The largest absolute Gasteiger partial charge is 0.497 e. The number of benzene rings is 1. The summed E-state index contributed by atoms with van der Waals surface area (Å²) in [7, 11) is 1.65. The second-order valence-electron chi connectivity index (χ2n) is 8.55. The first-order valence-corrected chi connectivity index (χ1v) is 12.5. The van der Waals surface area contributed by atoms with Crippen LogP contribution < -0.4 is 4.74 Å². The predicted octanol–water partition coefficient (Wildman–Crippen LogP) is 5.00. The number of carbonyl (C=O) groups is 1. The van der Waals surface area contributed by atoms with Crippen LogP contribution in [0.2, 0.25) is 0 Å². The van der Waals surface area contributed by atoms with E-state index in [2.05, 4.69) is 33.9 Å². The summed E-state index contributed by atoms with van der Waals surface area (Å²) in [6, 6.07) is 12.1. The van der Waals surface area contributed by atoms with Crippen molar-refractivity contribution in [3.8, 4) is 22.8 Å². The summed E-state index contributed by atoms with van der Waals surface area (Å²) in [6.07, 6.45) is 9.36. The molecule has 2 aromatic heterocycles. The Morgan fingerprint density at radius 2 is 1.79 bits per heavy atom. The van der Waals surface area contributed by atoms with Gasteiger partial charge in [0.05, 0.1) is 12.9 Å². The molecule has 1 aliphatic rings. The third kappa shape index (κ3) is 5.38. The predicted molar refractivity (Wildman–Crippen MR) is 131 cm³/mol. The van der Waals surface area contributed by atoms with Crippen molar-refractivity contribution < 1.29 is 9.53 Å². The van der Waals surface area contributed by atoms with E-state index in [1.807, 2.05) is 41.0 Å². The fourth-order valence-corrected chi connectivity index (χ4v) is 5.31. The van der Waals surface area contributed by atoms with Gasteiger partial charge in [0.25, 0.3) is 0 Å². The van der Waals surface area contributed by atoms with Crippen LogP contribution in [0.15, 0.2) is 53.9 Å². The van der Waals surface area contributed by atoms with E-state index in [1.54, 1.807) is 19.5 Å². The van der Waals surface area contributed by atoms with Crippen LogP contribution in [-0.2, 0) is 4.79 Å². The topological polar surface area (TPSA) is 73.1 Å². The molecule has 7 nitrogen and oxygen atoms in total. The number of methoxy groups -OCH3 is 1. The summed E-state index contributed by atoms with van der Waals surface area (Å²) in [4.78, 5) is 19.5. The number of carbonyl (C=O) groups excluding carboxylic acids is 1. The Balaban J connectivity index is 1.60. The molecule has 3 aromatic rings. The Kier molecular flexibility index (Phi) is 7.65. The van der Waals surface area contributed by atoms with Crippen molar-refractivity contribution >= 4 is 17.7 Å². The van der Waals surface area contributed by atoms with Gasteiger partial charge in [-0.05, 0) is 63.1 Å². The molecule has 4 rings (SSSR count). The van der Waals surface area contributed by atoms with Crippen molar-refractivity contribution in [2.24, 2.45) is 0 Å². The van der Waals surface area contributed by atoms with E-state index in [9.17, 15) is 4.79 Å². The Morgan fingerprint density at radius 1 is 1.09 bits per heavy atom. The molecular formula is C25H31N5O2S. The summed E-state index contributed by atoms with van der Waals surface area (Å²) in [5.41, 5.74) is 1.83. The third-order valence-corrected chi connectivity index (χ3v) is 6.95. The van der Waals surface area contributed by atoms with E-state index < -0.39 is 0 Å². The van der Waals surface area contributed by atoms with E-state index in [0.29, 0.717) is 22.8 Å². The lowest BCUT2D eigenvalue weighted by atomic mass is 9.93. The van der Waals surface area contributed by atoms with Gasteiger partial charge in [0.1, 0.15) is 5.75 Å². The van der Waals surface area contributed by atoms with Gasteiger partial charge in [-0.3, -0.25) is 14.3 Å². The maximum Gasteiger partial charge on any atom is 0.233 e. The summed E-state index contributed by atoms with van der Waals surface area (Å²) >= 11 is 1.44. The van der Waals surface area contributed by atoms with E-state index in [0.717, 1.165) is 29.8 Å². The zero-order valence-corrected chi connectivity index (χ0v) is 20.3. The molecule has 0 unspecified atom stereocenters. The molecule has 174 valence electrons. The van der Waals surface area contributed by atoms with Gasteiger partial charge >= 0.3 is 0 Å². The number of rotatable bonds is 8. The Hall–Kier alpha value is -2.87. The first-order valence-electron chi connectivity index (χ1n) is 11.5. The summed E-state index contributed by atoms with van der Waals surface area (Å²) in [5.74, 6) is 1.99. The van der Waals surface area contributed by atoms with Crippen LogP contribution in [0.1, 0.15) is 46.0 Å². The molecule has 0 bridgehead atoms. The van der Waals surface area contributed by atoms with Crippen LogP contribution in [0.5, 0.6) is 5.75 Å². The molecule has 2 heterocycles. The number of hydrogen-bond donors (Lipinski definition) is 0. The van der Waals surface area contributed by atoms with Crippen LogP contribution in [0, 0.1) is 0 Å². The van der Waals surface area contributed by atoms with Gasteiger partial charge in [-0.1, -0.05) is 31.0 Å². The zero-order chi connectivity index (χ0) is 23.2. The molecule has 1 fully saturated rings. The van der Waals surface area contributed by atoms with Crippen LogP contribution >= 0.6 is 11.8 Å². The minimum absolute atomic E-state index is 0.164. The second-order valence-corrected chi connectivity index (χ2v) is 9.49. The first-order chi connectivity index (χ1) is 16.1. The molecule has 1 amide bonds. The standard InChI is InChI=1S/C25H31N5O2S/c1-18(2)29(20-7-5-4-6-8-20)23(31)17-33-25-28-27-24(19-13-15-26-16-14-19)30(25)21-9-11-22(32-3)12-10-21/h9-16,18,20H,4-8,17H2,1-3H3. The Bertz CT molecular complexity index is 1050. The van der Waals surface area contributed by atoms with Gasteiger partial charge in [0, 0.05) is 35.7 Å². The SMILES string of the molecule is COc1ccc(-n2c(SCC(=O)N(C(C)C)C3CCCCC3)nnc2-c2ccncc2)cc1. The maximum absolute atomic E-state index is 13.3. The number of hydrogen-bond acceptors (Lipinski definition) is 6. The number of nitrogens with zero attached hydrogens (tertiary/aromatic N) is 5. The number of aromatic nitrogens is 4. The van der Waals surface area contributed by atoms with Gasteiger partial charge in [0.15, 0.2) is 11.0 Å². The van der Waals surface area contributed by atoms with Gasteiger partial charge < -0.3 is 9.64 Å². The molecule has 33 heavy (non-hydrogen) atoms. The first kappa shape index (κ1) is 23.3. The lowest BCUT2D eigenvalue weighted by molar-refractivity contribution is -0.133. The minimum Gasteiger partial charge on any atom is -0.497 e. The molecule has 0 aliphatic heterocycles. The minimum atomic E-state index is 0.164. The number of thioether (sulfide) groups is 1. The lowest BCUT2D eigenvalue weighted by Gasteiger charge is -2.37. The van der Waals surface area contributed by atoms with Crippen molar-refractivity contribution in [1.82, 2.24) is 24.6 Å². The molecule has 8 heteroatoms. The molecule has 0 spiro atoms.